The molecule has 0 N–H and O–H groups in total. The highest BCUT2D eigenvalue weighted by atomic mass is 16.5. The maximum absolute atomic E-state index is 6.23. The third kappa shape index (κ3) is 4.52. The van der Waals surface area contributed by atoms with E-state index in [0.29, 0.717) is 16.9 Å². The zero-order valence-corrected chi connectivity index (χ0v) is 21.9. The number of rotatable bonds is 8. The molecule has 180 valence electrons. The van der Waals surface area contributed by atoms with Gasteiger partial charge in [0.25, 0.3) is 0 Å². The summed E-state index contributed by atoms with van der Waals surface area (Å²) in [5, 5.41) is 0. The summed E-state index contributed by atoms with van der Waals surface area (Å²) < 4.78 is 6.23. The topological polar surface area (TPSA) is 9.23 Å². The van der Waals surface area contributed by atoms with Crippen molar-refractivity contribution >= 4 is 0 Å². The summed E-state index contributed by atoms with van der Waals surface area (Å²) in [5.41, 5.74) is 1.25. The lowest BCUT2D eigenvalue weighted by atomic mass is 9.44. The van der Waals surface area contributed by atoms with Gasteiger partial charge in [0.05, 0.1) is 6.10 Å². The zero-order chi connectivity index (χ0) is 22.2. The Labute approximate surface area is 194 Å². The van der Waals surface area contributed by atoms with Gasteiger partial charge >= 0.3 is 0 Å². The zero-order valence-electron chi connectivity index (χ0n) is 21.9. The first-order chi connectivity index (χ1) is 14.8. The third-order valence-corrected chi connectivity index (χ3v) is 11.4. The second kappa shape index (κ2) is 9.68. The van der Waals surface area contributed by atoms with Gasteiger partial charge in [-0.05, 0) is 116 Å². The minimum Gasteiger partial charge on any atom is -0.378 e. The lowest BCUT2D eigenvalue weighted by Crippen LogP contribution is -2.54. The van der Waals surface area contributed by atoms with E-state index in [1.807, 2.05) is 0 Å². The Hall–Kier alpha value is -0.0400. The average molecular weight is 431 g/mol. The highest BCUT2D eigenvalue weighted by Crippen LogP contribution is 2.68. The van der Waals surface area contributed by atoms with E-state index < -0.39 is 0 Å². The van der Waals surface area contributed by atoms with Crippen molar-refractivity contribution in [3.63, 3.8) is 0 Å². The van der Waals surface area contributed by atoms with Crippen molar-refractivity contribution in [2.45, 2.75) is 131 Å². The van der Waals surface area contributed by atoms with Gasteiger partial charge in [0.2, 0.25) is 0 Å². The van der Waals surface area contributed by atoms with Crippen molar-refractivity contribution in [2.24, 2.45) is 52.3 Å². The molecule has 1 nitrogen and oxygen atoms in total. The highest BCUT2D eigenvalue weighted by molar-refractivity contribution is 5.09. The Balaban J connectivity index is 1.41. The van der Waals surface area contributed by atoms with Gasteiger partial charge in [0.1, 0.15) is 0 Å². The fourth-order valence-electron chi connectivity index (χ4n) is 9.68. The SMILES string of the molecule is CCCO[C@H]1CC[C@@]2(C)[C@@H](CC[C@@H]3[C@@H]2CC[C@]2(C)[C@@H]([C@H](C)CCCC(C)C)CC[C@@H]32)C1. The van der Waals surface area contributed by atoms with Gasteiger partial charge in [-0.2, -0.15) is 0 Å². The summed E-state index contributed by atoms with van der Waals surface area (Å²) in [7, 11) is 0. The molecule has 0 spiro atoms. The number of fused-ring (bicyclic) bond motifs is 5. The molecule has 0 saturated heterocycles. The van der Waals surface area contributed by atoms with Crippen LogP contribution in [0.25, 0.3) is 0 Å². The maximum Gasteiger partial charge on any atom is 0.0578 e. The summed E-state index contributed by atoms with van der Waals surface area (Å²) in [6.45, 7) is 16.1. The normalized spacial score (nSPS) is 45.8. The van der Waals surface area contributed by atoms with Crippen molar-refractivity contribution in [2.75, 3.05) is 6.61 Å². The number of hydrogen-bond donors (Lipinski definition) is 0. The van der Waals surface area contributed by atoms with Crippen molar-refractivity contribution in [3.05, 3.63) is 0 Å². The first-order valence-corrected chi connectivity index (χ1v) is 14.4. The Bertz CT molecular complexity index is 583. The summed E-state index contributed by atoms with van der Waals surface area (Å²) in [6.07, 6.45) is 19.3. The third-order valence-electron chi connectivity index (χ3n) is 11.4. The number of ether oxygens (including phenoxy) is 1. The molecule has 4 fully saturated rings. The Morgan fingerprint density at radius 1 is 0.839 bits per heavy atom. The molecule has 0 heterocycles. The minimum atomic E-state index is 0.561. The quantitative estimate of drug-likeness (QED) is 0.373. The van der Waals surface area contributed by atoms with Crippen LogP contribution in [0.2, 0.25) is 0 Å². The molecule has 31 heavy (non-hydrogen) atoms. The van der Waals surface area contributed by atoms with Crippen LogP contribution in [0.4, 0.5) is 0 Å². The van der Waals surface area contributed by atoms with E-state index in [1.54, 1.807) is 6.42 Å². The lowest BCUT2D eigenvalue weighted by molar-refractivity contribution is -0.136. The summed E-state index contributed by atoms with van der Waals surface area (Å²) in [6, 6.07) is 0. The van der Waals surface area contributed by atoms with E-state index >= 15 is 0 Å². The summed E-state index contributed by atoms with van der Waals surface area (Å²) in [5.74, 6) is 6.79. The van der Waals surface area contributed by atoms with Crippen LogP contribution in [0.15, 0.2) is 0 Å². The molecule has 1 heteroatoms. The van der Waals surface area contributed by atoms with Crippen molar-refractivity contribution in [1.29, 1.82) is 0 Å². The predicted octanol–water partition coefficient (Wildman–Crippen LogP) is 8.90. The van der Waals surface area contributed by atoms with Crippen LogP contribution >= 0.6 is 0 Å². The van der Waals surface area contributed by atoms with E-state index in [0.717, 1.165) is 48.0 Å². The van der Waals surface area contributed by atoms with Gasteiger partial charge in [0, 0.05) is 6.61 Å². The van der Waals surface area contributed by atoms with Gasteiger partial charge < -0.3 is 4.74 Å². The molecule has 0 unspecified atom stereocenters. The molecule has 0 aromatic carbocycles. The highest BCUT2D eigenvalue weighted by Gasteiger charge is 2.60. The molecule has 0 aliphatic heterocycles. The van der Waals surface area contributed by atoms with E-state index in [4.69, 9.17) is 4.74 Å². The molecule has 0 radical (unpaired) electrons. The summed E-state index contributed by atoms with van der Waals surface area (Å²) >= 11 is 0. The first kappa shape index (κ1) is 24.1. The molecular weight excluding hydrogens is 376 g/mol. The molecule has 4 rings (SSSR count). The lowest BCUT2D eigenvalue weighted by Gasteiger charge is -2.61. The van der Waals surface area contributed by atoms with E-state index in [-0.39, 0.29) is 0 Å². The Morgan fingerprint density at radius 2 is 1.58 bits per heavy atom. The van der Waals surface area contributed by atoms with Crippen molar-refractivity contribution in [3.8, 4) is 0 Å². The van der Waals surface area contributed by atoms with Gasteiger partial charge in [-0.3, -0.25) is 0 Å². The molecule has 0 aromatic heterocycles. The molecular formula is C30H54O. The predicted molar refractivity (Wildman–Crippen MR) is 133 cm³/mol. The fraction of sp³-hybridized carbons (Fsp3) is 1.00. The Kier molecular flexibility index (Phi) is 7.52. The van der Waals surface area contributed by atoms with E-state index in [1.165, 1.54) is 77.0 Å². The van der Waals surface area contributed by atoms with Crippen LogP contribution in [-0.4, -0.2) is 12.7 Å². The van der Waals surface area contributed by atoms with Gasteiger partial charge in [0.15, 0.2) is 0 Å². The van der Waals surface area contributed by atoms with Crippen molar-refractivity contribution in [1.82, 2.24) is 0 Å². The molecule has 4 aliphatic carbocycles. The molecule has 0 bridgehead atoms. The molecule has 4 aliphatic rings. The monoisotopic (exact) mass is 430 g/mol. The van der Waals surface area contributed by atoms with Gasteiger partial charge in [-0.25, -0.2) is 0 Å². The Morgan fingerprint density at radius 3 is 2.32 bits per heavy atom. The van der Waals surface area contributed by atoms with Gasteiger partial charge in [-0.1, -0.05) is 60.8 Å². The largest absolute Gasteiger partial charge is 0.378 e. The van der Waals surface area contributed by atoms with Crippen LogP contribution in [0.5, 0.6) is 0 Å². The first-order valence-electron chi connectivity index (χ1n) is 14.4. The molecule has 0 aromatic rings. The maximum atomic E-state index is 6.23. The van der Waals surface area contributed by atoms with Crippen LogP contribution in [0, 0.1) is 52.3 Å². The summed E-state index contributed by atoms with van der Waals surface area (Å²) in [4.78, 5) is 0. The number of hydrogen-bond acceptors (Lipinski definition) is 1. The van der Waals surface area contributed by atoms with Crippen LogP contribution in [-0.2, 0) is 4.74 Å². The smallest absolute Gasteiger partial charge is 0.0578 e. The standard InChI is InChI=1S/C30H54O/c1-7-19-31-24-15-17-29(5)23(20-24)11-12-25-27-14-13-26(22(4)10-8-9-21(2)3)30(27,6)18-16-28(25)29/h21-28H,7-20H2,1-6H3/t22-,23+,24+,25+,26-,27+,28+,29+,30-/m1/s1. The van der Waals surface area contributed by atoms with E-state index in [9.17, 15) is 0 Å². The fourth-order valence-corrected chi connectivity index (χ4v) is 9.68. The van der Waals surface area contributed by atoms with Crippen molar-refractivity contribution < 1.29 is 4.74 Å². The van der Waals surface area contributed by atoms with E-state index in [2.05, 4.69) is 41.5 Å². The molecule has 9 atom stereocenters. The van der Waals surface area contributed by atoms with Crippen LogP contribution in [0.1, 0.15) is 125 Å². The minimum absolute atomic E-state index is 0.561. The van der Waals surface area contributed by atoms with Gasteiger partial charge in [-0.15, -0.1) is 0 Å². The second-order valence-electron chi connectivity index (χ2n) is 13.5. The second-order valence-corrected chi connectivity index (χ2v) is 13.5. The average Bonchev–Trinajstić information content (AvgIpc) is 3.09. The van der Waals surface area contributed by atoms with Crippen LogP contribution < -0.4 is 0 Å². The molecule has 0 amide bonds. The van der Waals surface area contributed by atoms with Crippen LogP contribution in [0.3, 0.4) is 0 Å². The molecule has 4 saturated carbocycles.